The summed E-state index contributed by atoms with van der Waals surface area (Å²) in [6, 6.07) is 9.99. The van der Waals surface area contributed by atoms with Gasteiger partial charge in [-0.25, -0.2) is 0 Å². The van der Waals surface area contributed by atoms with E-state index in [0.717, 1.165) is 64.0 Å². The fourth-order valence-electron chi connectivity index (χ4n) is 4.55. The lowest BCUT2D eigenvalue weighted by atomic mass is 9.92. The van der Waals surface area contributed by atoms with E-state index in [-0.39, 0.29) is 11.8 Å². The number of hydrogen-bond acceptors (Lipinski definition) is 4. The zero-order valence-corrected chi connectivity index (χ0v) is 18.6. The highest BCUT2D eigenvalue weighted by molar-refractivity contribution is 5.77. The van der Waals surface area contributed by atoms with Gasteiger partial charge >= 0.3 is 0 Å². The fraction of sp³-hybridized carbons (Fsp3) is 0.667. The Kier molecular flexibility index (Phi) is 8.55. The molecule has 0 N–H and O–H groups in total. The van der Waals surface area contributed by atoms with E-state index in [1.54, 1.807) is 0 Å². The first kappa shape index (κ1) is 22.6. The SMILES string of the molecule is CN1CCC(N(C)C(=O)CC[C@@H]2CCCN(C(=O)CCOc3ccccc3)C2)CC1. The van der Waals surface area contributed by atoms with Gasteiger partial charge in [-0.2, -0.15) is 0 Å². The Hall–Kier alpha value is -2.08. The highest BCUT2D eigenvalue weighted by Crippen LogP contribution is 2.23. The molecule has 0 aromatic heterocycles. The minimum Gasteiger partial charge on any atom is -0.493 e. The summed E-state index contributed by atoms with van der Waals surface area (Å²) >= 11 is 0. The van der Waals surface area contributed by atoms with Crippen LogP contribution in [0.25, 0.3) is 0 Å². The smallest absolute Gasteiger partial charge is 0.226 e. The second kappa shape index (κ2) is 11.3. The Labute approximate surface area is 181 Å². The molecule has 0 aliphatic carbocycles. The average Bonchev–Trinajstić information content (AvgIpc) is 2.78. The van der Waals surface area contributed by atoms with Gasteiger partial charge in [-0.1, -0.05) is 18.2 Å². The second-order valence-corrected chi connectivity index (χ2v) is 8.84. The van der Waals surface area contributed by atoms with Crippen LogP contribution in [-0.4, -0.2) is 79.4 Å². The van der Waals surface area contributed by atoms with Crippen LogP contribution in [0.2, 0.25) is 0 Å². The van der Waals surface area contributed by atoms with Crippen molar-refractivity contribution in [3.05, 3.63) is 30.3 Å². The first-order chi connectivity index (χ1) is 14.5. The van der Waals surface area contributed by atoms with Gasteiger partial charge in [0, 0.05) is 32.6 Å². The summed E-state index contributed by atoms with van der Waals surface area (Å²) < 4.78 is 5.66. The number of carbonyl (C=O) groups is 2. The van der Waals surface area contributed by atoms with E-state index >= 15 is 0 Å². The lowest BCUT2D eigenvalue weighted by Crippen LogP contribution is -2.45. The molecule has 2 saturated heterocycles. The minimum atomic E-state index is 0.158. The van der Waals surface area contributed by atoms with Crippen molar-refractivity contribution in [2.24, 2.45) is 5.92 Å². The highest BCUT2D eigenvalue weighted by Gasteiger charge is 2.27. The van der Waals surface area contributed by atoms with Gasteiger partial charge in [-0.05, 0) is 70.3 Å². The first-order valence-corrected chi connectivity index (χ1v) is 11.4. The number of rotatable bonds is 8. The molecular formula is C24H37N3O3. The zero-order valence-electron chi connectivity index (χ0n) is 18.6. The standard InChI is InChI=1S/C24H37N3O3/c1-25-16-12-21(13-17-25)26(2)23(28)11-10-20-7-6-15-27(19-20)24(29)14-18-30-22-8-4-3-5-9-22/h3-5,8-9,20-21H,6-7,10-19H2,1-2H3/t20-/m0/s1. The number of hydrogen-bond donors (Lipinski definition) is 0. The number of amides is 2. The van der Waals surface area contributed by atoms with Gasteiger partial charge in [0.05, 0.1) is 13.0 Å². The molecule has 30 heavy (non-hydrogen) atoms. The van der Waals surface area contributed by atoms with Crippen molar-refractivity contribution in [1.29, 1.82) is 0 Å². The van der Waals surface area contributed by atoms with Crippen LogP contribution in [0.15, 0.2) is 30.3 Å². The summed E-state index contributed by atoms with van der Waals surface area (Å²) in [5, 5.41) is 0. The van der Waals surface area contributed by atoms with E-state index < -0.39 is 0 Å². The van der Waals surface area contributed by atoms with Crippen LogP contribution < -0.4 is 4.74 Å². The third-order valence-corrected chi connectivity index (χ3v) is 6.60. The topological polar surface area (TPSA) is 53.1 Å². The molecule has 2 amide bonds. The Morgan fingerprint density at radius 1 is 1.07 bits per heavy atom. The lowest BCUT2D eigenvalue weighted by molar-refractivity contribution is -0.134. The molecule has 6 nitrogen and oxygen atoms in total. The number of para-hydroxylation sites is 1. The van der Waals surface area contributed by atoms with Gasteiger partial charge in [-0.3, -0.25) is 9.59 Å². The molecule has 3 rings (SSSR count). The van der Waals surface area contributed by atoms with Crippen molar-refractivity contribution >= 4 is 11.8 Å². The minimum absolute atomic E-state index is 0.158. The van der Waals surface area contributed by atoms with Crippen molar-refractivity contribution in [2.45, 2.75) is 51.0 Å². The van der Waals surface area contributed by atoms with Gasteiger partial charge in [0.2, 0.25) is 11.8 Å². The molecule has 1 aromatic carbocycles. The van der Waals surface area contributed by atoms with Crippen LogP contribution in [0.4, 0.5) is 0 Å². The molecule has 0 radical (unpaired) electrons. The monoisotopic (exact) mass is 415 g/mol. The summed E-state index contributed by atoms with van der Waals surface area (Å²) in [6.45, 7) is 4.13. The summed E-state index contributed by atoms with van der Waals surface area (Å²) in [5.74, 6) is 1.64. The Morgan fingerprint density at radius 2 is 1.80 bits per heavy atom. The van der Waals surface area contributed by atoms with E-state index in [1.165, 1.54) is 0 Å². The molecule has 6 heteroatoms. The van der Waals surface area contributed by atoms with Crippen LogP contribution in [0.3, 0.4) is 0 Å². The molecule has 0 unspecified atom stereocenters. The predicted octanol–water partition coefficient (Wildman–Crippen LogP) is 3.03. The normalized spacial score (nSPS) is 20.7. The summed E-state index contributed by atoms with van der Waals surface area (Å²) in [5.41, 5.74) is 0. The van der Waals surface area contributed by atoms with Crippen molar-refractivity contribution in [3.63, 3.8) is 0 Å². The molecule has 0 spiro atoms. The molecule has 2 aliphatic heterocycles. The lowest BCUT2D eigenvalue weighted by Gasteiger charge is -2.36. The Balaban J connectivity index is 1.36. The van der Waals surface area contributed by atoms with Gasteiger partial charge in [0.1, 0.15) is 5.75 Å². The van der Waals surface area contributed by atoms with Gasteiger partial charge in [0.15, 0.2) is 0 Å². The van der Waals surface area contributed by atoms with Crippen molar-refractivity contribution in [3.8, 4) is 5.75 Å². The number of likely N-dealkylation sites (tertiary alicyclic amines) is 2. The Bertz CT molecular complexity index is 674. The molecule has 166 valence electrons. The fourth-order valence-corrected chi connectivity index (χ4v) is 4.55. The average molecular weight is 416 g/mol. The van der Waals surface area contributed by atoms with Crippen molar-refractivity contribution in [2.75, 3.05) is 46.9 Å². The molecule has 2 fully saturated rings. The maximum atomic E-state index is 12.7. The van der Waals surface area contributed by atoms with Crippen LogP contribution in [0.5, 0.6) is 5.75 Å². The van der Waals surface area contributed by atoms with E-state index in [4.69, 9.17) is 4.74 Å². The molecule has 1 aromatic rings. The number of carbonyl (C=O) groups excluding carboxylic acids is 2. The summed E-state index contributed by atoms with van der Waals surface area (Å²) in [7, 11) is 4.10. The number of nitrogens with zero attached hydrogens (tertiary/aromatic N) is 3. The zero-order chi connectivity index (χ0) is 21.3. The van der Waals surface area contributed by atoms with E-state index in [0.29, 0.717) is 31.4 Å². The van der Waals surface area contributed by atoms with E-state index in [2.05, 4.69) is 11.9 Å². The first-order valence-electron chi connectivity index (χ1n) is 11.4. The van der Waals surface area contributed by atoms with Crippen molar-refractivity contribution in [1.82, 2.24) is 14.7 Å². The summed E-state index contributed by atoms with van der Waals surface area (Å²) in [4.78, 5) is 31.5. The highest BCUT2D eigenvalue weighted by atomic mass is 16.5. The van der Waals surface area contributed by atoms with Crippen LogP contribution in [0.1, 0.15) is 44.9 Å². The summed E-state index contributed by atoms with van der Waals surface area (Å²) in [6.07, 6.45) is 6.13. The largest absolute Gasteiger partial charge is 0.493 e. The van der Waals surface area contributed by atoms with E-state index in [1.807, 2.05) is 47.2 Å². The van der Waals surface area contributed by atoms with Gasteiger partial charge in [-0.15, -0.1) is 0 Å². The quantitative estimate of drug-likeness (QED) is 0.655. The number of ether oxygens (including phenoxy) is 1. The molecule has 0 saturated carbocycles. The van der Waals surface area contributed by atoms with E-state index in [9.17, 15) is 9.59 Å². The number of piperidine rings is 2. The molecule has 2 heterocycles. The van der Waals surface area contributed by atoms with Crippen LogP contribution in [0, 0.1) is 5.92 Å². The predicted molar refractivity (Wildman–Crippen MR) is 118 cm³/mol. The second-order valence-electron chi connectivity index (χ2n) is 8.84. The van der Waals surface area contributed by atoms with Gasteiger partial charge in [0.25, 0.3) is 0 Å². The third kappa shape index (κ3) is 6.73. The maximum absolute atomic E-state index is 12.7. The van der Waals surface area contributed by atoms with Crippen molar-refractivity contribution < 1.29 is 14.3 Å². The molecule has 0 bridgehead atoms. The molecule has 2 aliphatic rings. The molecule has 1 atom stereocenters. The third-order valence-electron chi connectivity index (χ3n) is 6.60. The van der Waals surface area contributed by atoms with Crippen LogP contribution >= 0.6 is 0 Å². The van der Waals surface area contributed by atoms with Crippen LogP contribution in [-0.2, 0) is 9.59 Å². The Morgan fingerprint density at radius 3 is 2.53 bits per heavy atom. The number of benzene rings is 1. The molecular weight excluding hydrogens is 378 g/mol. The maximum Gasteiger partial charge on any atom is 0.226 e. The van der Waals surface area contributed by atoms with Gasteiger partial charge < -0.3 is 19.4 Å².